The van der Waals surface area contributed by atoms with Crippen LogP contribution in [-0.4, -0.2) is 36.2 Å². The number of halogens is 1. The van der Waals surface area contributed by atoms with Crippen molar-refractivity contribution in [3.05, 3.63) is 56.7 Å². The molecular formula is C19H20ClNO4S. The molecule has 1 aromatic carbocycles. The van der Waals surface area contributed by atoms with E-state index in [1.54, 1.807) is 30.3 Å². The number of ketones is 1. The molecule has 0 aliphatic rings. The van der Waals surface area contributed by atoms with Crippen LogP contribution in [0.5, 0.6) is 0 Å². The minimum Gasteiger partial charge on any atom is -0.468 e. The fourth-order valence-electron chi connectivity index (χ4n) is 2.35. The first-order chi connectivity index (χ1) is 12.4. The molecule has 1 amide bonds. The minimum atomic E-state index is -0.507. The number of ether oxygens (including phenoxy) is 1. The fraction of sp³-hybridized carbons (Fsp3) is 0.316. The molecule has 0 unspecified atom stereocenters. The molecule has 2 rings (SSSR count). The van der Waals surface area contributed by atoms with Crippen LogP contribution >= 0.6 is 22.9 Å². The molecule has 0 fully saturated rings. The zero-order valence-corrected chi connectivity index (χ0v) is 16.2. The summed E-state index contributed by atoms with van der Waals surface area (Å²) in [6, 6.07) is 10.7. The van der Waals surface area contributed by atoms with Gasteiger partial charge in [0.25, 0.3) is 0 Å². The normalized spacial score (nSPS) is 10.4. The fourth-order valence-corrected chi connectivity index (χ4v) is 3.31. The SMILES string of the molecule is COC(=O)CN(Cc1ccc(Cl)cc1)C(=O)CCC(=O)c1ccc(C)s1. The Labute approximate surface area is 161 Å². The van der Waals surface area contributed by atoms with E-state index in [1.165, 1.54) is 23.3 Å². The third kappa shape index (κ3) is 5.97. The van der Waals surface area contributed by atoms with Gasteiger partial charge in [0, 0.05) is 29.3 Å². The molecular weight excluding hydrogens is 374 g/mol. The van der Waals surface area contributed by atoms with Crippen LogP contribution in [0.25, 0.3) is 0 Å². The minimum absolute atomic E-state index is 0.0420. The van der Waals surface area contributed by atoms with E-state index in [2.05, 4.69) is 4.74 Å². The highest BCUT2D eigenvalue weighted by atomic mass is 35.5. The van der Waals surface area contributed by atoms with Crippen molar-refractivity contribution in [2.45, 2.75) is 26.3 Å². The molecule has 0 radical (unpaired) electrons. The van der Waals surface area contributed by atoms with Crippen molar-refractivity contribution in [2.75, 3.05) is 13.7 Å². The van der Waals surface area contributed by atoms with E-state index >= 15 is 0 Å². The van der Waals surface area contributed by atoms with Gasteiger partial charge in [-0.1, -0.05) is 23.7 Å². The molecule has 7 heteroatoms. The van der Waals surface area contributed by atoms with Crippen LogP contribution < -0.4 is 0 Å². The first-order valence-electron chi connectivity index (χ1n) is 8.07. The lowest BCUT2D eigenvalue weighted by atomic mass is 10.1. The van der Waals surface area contributed by atoms with Crippen molar-refractivity contribution in [3.63, 3.8) is 0 Å². The zero-order chi connectivity index (χ0) is 19.1. The van der Waals surface area contributed by atoms with Gasteiger partial charge in [-0.05, 0) is 36.8 Å². The second-order valence-corrected chi connectivity index (χ2v) is 7.51. The van der Waals surface area contributed by atoms with Gasteiger partial charge in [0.2, 0.25) is 5.91 Å². The van der Waals surface area contributed by atoms with Crippen LogP contribution in [0, 0.1) is 6.92 Å². The summed E-state index contributed by atoms with van der Waals surface area (Å²) in [6.45, 7) is 2.01. The Hall–Kier alpha value is -2.18. The molecule has 0 atom stereocenters. The predicted octanol–water partition coefficient (Wildman–Crippen LogP) is 3.87. The number of carbonyl (C=O) groups excluding carboxylic acids is 3. The molecule has 0 bridgehead atoms. The summed E-state index contributed by atoms with van der Waals surface area (Å²) in [5.74, 6) is -0.847. The second-order valence-electron chi connectivity index (χ2n) is 5.79. The number of rotatable bonds is 8. The molecule has 5 nitrogen and oxygen atoms in total. The largest absolute Gasteiger partial charge is 0.468 e. The summed E-state index contributed by atoms with van der Waals surface area (Å²) in [5, 5.41) is 0.594. The topological polar surface area (TPSA) is 63.7 Å². The number of Topliss-reactive ketones (excluding diaryl/α,β-unsaturated/α-hetero) is 1. The third-order valence-corrected chi connectivity index (χ3v) is 5.06. The number of thiophene rings is 1. The number of methoxy groups -OCH3 is 1. The molecule has 0 saturated heterocycles. The van der Waals surface area contributed by atoms with Crippen molar-refractivity contribution in [1.29, 1.82) is 0 Å². The second kappa shape index (κ2) is 9.50. The standard InChI is InChI=1S/C19H20ClNO4S/c1-13-3-9-17(26-13)16(22)8-10-18(23)21(12-19(24)25-2)11-14-4-6-15(20)7-5-14/h3-7,9H,8,10-12H2,1-2H3. The van der Waals surface area contributed by atoms with E-state index in [4.69, 9.17) is 11.6 Å². The number of hydrogen-bond donors (Lipinski definition) is 0. The quantitative estimate of drug-likeness (QED) is 0.504. The summed E-state index contributed by atoms with van der Waals surface area (Å²) < 4.78 is 4.67. The van der Waals surface area contributed by atoms with Gasteiger partial charge < -0.3 is 9.64 Å². The smallest absolute Gasteiger partial charge is 0.325 e. The summed E-state index contributed by atoms with van der Waals surface area (Å²) >= 11 is 7.28. The van der Waals surface area contributed by atoms with Crippen molar-refractivity contribution in [2.24, 2.45) is 0 Å². The number of aryl methyl sites for hydroxylation is 1. The number of carbonyl (C=O) groups is 3. The Bertz CT molecular complexity index is 785. The molecule has 0 aliphatic heterocycles. The highest BCUT2D eigenvalue weighted by molar-refractivity contribution is 7.14. The predicted molar refractivity (Wildman–Crippen MR) is 102 cm³/mol. The summed E-state index contributed by atoms with van der Waals surface area (Å²) in [4.78, 5) is 39.5. The van der Waals surface area contributed by atoms with Crippen molar-refractivity contribution >= 4 is 40.6 Å². The summed E-state index contributed by atoms with van der Waals surface area (Å²) in [6.07, 6.45) is 0.150. The van der Waals surface area contributed by atoms with E-state index in [1.807, 2.05) is 13.0 Å². The molecule has 0 saturated carbocycles. The lowest BCUT2D eigenvalue weighted by molar-refractivity contribution is -0.147. The third-order valence-electron chi connectivity index (χ3n) is 3.77. The van der Waals surface area contributed by atoms with Gasteiger partial charge in [-0.2, -0.15) is 0 Å². The highest BCUT2D eigenvalue weighted by Gasteiger charge is 2.20. The number of hydrogen-bond acceptors (Lipinski definition) is 5. The molecule has 0 spiro atoms. The Kier molecular flexibility index (Phi) is 7.36. The monoisotopic (exact) mass is 393 g/mol. The van der Waals surface area contributed by atoms with Crippen LogP contribution in [0.4, 0.5) is 0 Å². The van der Waals surface area contributed by atoms with E-state index in [0.717, 1.165) is 10.4 Å². The van der Waals surface area contributed by atoms with Crippen LogP contribution in [0.1, 0.15) is 33.0 Å². The maximum atomic E-state index is 12.6. The van der Waals surface area contributed by atoms with Crippen LogP contribution in [0.3, 0.4) is 0 Å². The lowest BCUT2D eigenvalue weighted by Crippen LogP contribution is -2.35. The summed E-state index contributed by atoms with van der Waals surface area (Å²) in [7, 11) is 1.27. The van der Waals surface area contributed by atoms with Gasteiger partial charge in [0.1, 0.15) is 6.54 Å². The Morgan fingerprint density at radius 1 is 1.08 bits per heavy atom. The maximum absolute atomic E-state index is 12.6. The summed E-state index contributed by atoms with van der Waals surface area (Å²) in [5.41, 5.74) is 0.840. The van der Waals surface area contributed by atoms with Crippen molar-refractivity contribution in [3.8, 4) is 0 Å². The van der Waals surface area contributed by atoms with Crippen LogP contribution in [0.2, 0.25) is 5.02 Å². The Morgan fingerprint density at radius 3 is 2.35 bits per heavy atom. The molecule has 1 aromatic heterocycles. The zero-order valence-electron chi connectivity index (χ0n) is 14.7. The van der Waals surface area contributed by atoms with E-state index < -0.39 is 5.97 Å². The van der Waals surface area contributed by atoms with E-state index in [9.17, 15) is 14.4 Å². The average molecular weight is 394 g/mol. The number of esters is 1. The van der Waals surface area contributed by atoms with Crippen LogP contribution in [0.15, 0.2) is 36.4 Å². The molecule has 1 heterocycles. The van der Waals surface area contributed by atoms with Gasteiger partial charge in [-0.25, -0.2) is 0 Å². The molecule has 26 heavy (non-hydrogen) atoms. The van der Waals surface area contributed by atoms with Gasteiger partial charge in [0.15, 0.2) is 5.78 Å². The molecule has 2 aromatic rings. The molecule has 0 N–H and O–H groups in total. The first-order valence-corrected chi connectivity index (χ1v) is 9.27. The van der Waals surface area contributed by atoms with E-state index in [-0.39, 0.29) is 37.6 Å². The van der Waals surface area contributed by atoms with Crippen LogP contribution in [-0.2, 0) is 20.9 Å². The van der Waals surface area contributed by atoms with Crippen molar-refractivity contribution < 1.29 is 19.1 Å². The van der Waals surface area contributed by atoms with Gasteiger partial charge >= 0.3 is 5.97 Å². The van der Waals surface area contributed by atoms with E-state index in [0.29, 0.717) is 9.90 Å². The number of nitrogens with zero attached hydrogens (tertiary/aromatic N) is 1. The van der Waals surface area contributed by atoms with Gasteiger partial charge in [-0.15, -0.1) is 11.3 Å². The highest BCUT2D eigenvalue weighted by Crippen LogP contribution is 2.18. The molecule has 0 aliphatic carbocycles. The maximum Gasteiger partial charge on any atom is 0.325 e. The van der Waals surface area contributed by atoms with Crippen molar-refractivity contribution in [1.82, 2.24) is 4.90 Å². The average Bonchev–Trinajstić information content (AvgIpc) is 3.07. The Morgan fingerprint density at radius 2 is 1.77 bits per heavy atom. The number of amides is 1. The van der Waals surface area contributed by atoms with Gasteiger partial charge in [-0.3, -0.25) is 14.4 Å². The number of benzene rings is 1. The Balaban J connectivity index is 2.00. The molecule has 138 valence electrons. The first kappa shape index (κ1) is 20.1. The van der Waals surface area contributed by atoms with Gasteiger partial charge in [0.05, 0.1) is 12.0 Å². The lowest BCUT2D eigenvalue weighted by Gasteiger charge is -2.21.